The van der Waals surface area contributed by atoms with Gasteiger partial charge in [0.1, 0.15) is 28.6 Å². The van der Waals surface area contributed by atoms with E-state index in [4.69, 9.17) is 16.5 Å². The van der Waals surface area contributed by atoms with Crippen LogP contribution in [0.4, 0.5) is 20.4 Å². The topological polar surface area (TPSA) is 69.5 Å². The highest BCUT2D eigenvalue weighted by Crippen LogP contribution is 2.45. The van der Waals surface area contributed by atoms with Gasteiger partial charge in [-0.25, -0.2) is 13.8 Å². The van der Waals surface area contributed by atoms with Gasteiger partial charge in [-0.15, -0.1) is 6.42 Å². The van der Waals surface area contributed by atoms with Crippen molar-refractivity contribution in [3.05, 3.63) is 41.5 Å². The minimum absolute atomic E-state index is 0.00265. The van der Waals surface area contributed by atoms with E-state index in [-0.39, 0.29) is 28.6 Å². The van der Waals surface area contributed by atoms with Crippen molar-refractivity contribution in [2.24, 2.45) is 0 Å². The third-order valence-electron chi connectivity index (χ3n) is 6.93. The van der Waals surface area contributed by atoms with Crippen LogP contribution in [0.15, 0.2) is 24.3 Å². The van der Waals surface area contributed by atoms with Crippen LogP contribution >= 0.6 is 0 Å². The second-order valence-corrected chi connectivity index (χ2v) is 9.61. The molecule has 0 spiro atoms. The van der Waals surface area contributed by atoms with Gasteiger partial charge in [-0.3, -0.25) is 4.68 Å². The van der Waals surface area contributed by atoms with Crippen molar-refractivity contribution in [2.75, 3.05) is 50.1 Å². The summed E-state index contributed by atoms with van der Waals surface area (Å²) in [5.41, 5.74) is 0.623. The van der Waals surface area contributed by atoms with Gasteiger partial charge in [0.15, 0.2) is 11.6 Å². The molecule has 6 rings (SSSR count). The largest absolute Gasteiger partial charge is 0.508 e. The predicted molar refractivity (Wildman–Crippen MR) is 149 cm³/mol. The molecule has 0 atom stereocenters. The molecule has 0 amide bonds. The molecule has 7 nitrogen and oxygen atoms in total. The molecule has 2 aromatic carbocycles. The molecular formula is C29H32F2N6O. The second kappa shape index (κ2) is 10.1. The van der Waals surface area contributed by atoms with E-state index in [1.807, 2.05) is 32.8 Å². The number of nitrogens with zero attached hydrogens (tertiary/aromatic N) is 5. The van der Waals surface area contributed by atoms with Crippen LogP contribution in [0.5, 0.6) is 5.75 Å². The van der Waals surface area contributed by atoms with Gasteiger partial charge in [-0.1, -0.05) is 25.8 Å². The molecule has 38 heavy (non-hydrogen) atoms. The Hall–Kier alpha value is -3.90. The average Bonchev–Trinajstić information content (AvgIpc) is 3.69. The summed E-state index contributed by atoms with van der Waals surface area (Å²) in [5, 5.41) is 20.2. The number of terminal acetylenes is 1. The minimum atomic E-state index is -0.588. The molecule has 2 aromatic heterocycles. The fraction of sp³-hybridized carbons (Fsp3) is 0.379. The molecule has 1 aliphatic carbocycles. The number of piperazine rings is 1. The lowest BCUT2D eigenvalue weighted by molar-refractivity contribution is 0.476. The molecule has 198 valence electrons. The maximum atomic E-state index is 16.6. The van der Waals surface area contributed by atoms with Crippen molar-refractivity contribution in [3.63, 3.8) is 0 Å². The Morgan fingerprint density at radius 2 is 1.82 bits per heavy atom. The zero-order valence-electron chi connectivity index (χ0n) is 22.1. The van der Waals surface area contributed by atoms with Crippen molar-refractivity contribution in [1.29, 1.82) is 0 Å². The first-order valence-corrected chi connectivity index (χ1v) is 13.1. The first-order valence-electron chi connectivity index (χ1n) is 13.1. The fourth-order valence-electron chi connectivity index (χ4n) is 5.10. The van der Waals surface area contributed by atoms with E-state index in [1.54, 1.807) is 4.68 Å². The zero-order valence-corrected chi connectivity index (χ0v) is 22.1. The van der Waals surface area contributed by atoms with E-state index in [0.717, 1.165) is 44.8 Å². The van der Waals surface area contributed by atoms with E-state index in [1.165, 1.54) is 24.3 Å². The molecule has 3 heterocycles. The van der Waals surface area contributed by atoms with Gasteiger partial charge >= 0.3 is 0 Å². The summed E-state index contributed by atoms with van der Waals surface area (Å²) in [5.74, 6) is 2.44. The van der Waals surface area contributed by atoms with E-state index < -0.39 is 11.6 Å². The Morgan fingerprint density at radius 3 is 2.45 bits per heavy atom. The number of phenolic OH excluding ortho intramolecular Hbond substituents is 1. The molecule has 0 unspecified atom stereocenters. The number of rotatable bonds is 4. The van der Waals surface area contributed by atoms with Crippen LogP contribution in [-0.4, -0.2) is 60.1 Å². The first-order chi connectivity index (χ1) is 18.4. The van der Waals surface area contributed by atoms with Gasteiger partial charge in [-0.05, 0) is 36.4 Å². The molecule has 1 saturated heterocycles. The summed E-state index contributed by atoms with van der Waals surface area (Å²) < 4.78 is 33.1. The number of aromatic nitrogens is 3. The Kier molecular flexibility index (Phi) is 6.84. The van der Waals surface area contributed by atoms with Crippen LogP contribution in [0.2, 0.25) is 0 Å². The fourth-order valence-corrected chi connectivity index (χ4v) is 5.10. The van der Waals surface area contributed by atoms with Gasteiger partial charge in [0, 0.05) is 51.2 Å². The van der Waals surface area contributed by atoms with Gasteiger partial charge in [0.2, 0.25) is 0 Å². The standard InChI is InChI=1S/C27H26F2N6O.C2H6/c1-4-18-20(28)8-5-15-13-17(36)14-19(21(15)18)24-23(29)25-22(26(31-24)33(2)3)27(32-35(25)16-6-7-16)34-11-9-30-10-12-34;1-2/h1,5,8,13-14,16,30,36H,6-7,9-12H2,2-3H3;1-2H3. The summed E-state index contributed by atoms with van der Waals surface area (Å²) in [6.45, 7) is 7.15. The molecule has 0 radical (unpaired) electrons. The quantitative estimate of drug-likeness (QED) is 0.369. The number of phenols is 1. The lowest BCUT2D eigenvalue weighted by Crippen LogP contribution is -2.43. The van der Waals surface area contributed by atoms with Crippen molar-refractivity contribution >= 4 is 33.3 Å². The molecule has 0 bridgehead atoms. The van der Waals surface area contributed by atoms with Crippen molar-refractivity contribution < 1.29 is 13.9 Å². The van der Waals surface area contributed by atoms with E-state index in [2.05, 4.69) is 16.1 Å². The van der Waals surface area contributed by atoms with Crippen molar-refractivity contribution in [2.45, 2.75) is 32.7 Å². The molecule has 1 aliphatic heterocycles. The van der Waals surface area contributed by atoms with E-state index >= 15 is 4.39 Å². The summed E-state index contributed by atoms with van der Waals surface area (Å²) in [6.07, 6.45) is 7.52. The molecule has 2 N–H and O–H groups in total. The van der Waals surface area contributed by atoms with Gasteiger partial charge < -0.3 is 20.2 Å². The number of hydrogen-bond donors (Lipinski definition) is 2. The molecule has 1 saturated carbocycles. The Labute approximate surface area is 221 Å². The number of benzene rings is 2. The molecule has 2 fully saturated rings. The molecule has 4 aromatic rings. The first kappa shape index (κ1) is 25.7. The number of anilines is 2. The monoisotopic (exact) mass is 518 g/mol. The van der Waals surface area contributed by atoms with Crippen LogP contribution in [0.25, 0.3) is 32.9 Å². The lowest BCUT2D eigenvalue weighted by Gasteiger charge is -2.28. The minimum Gasteiger partial charge on any atom is -0.508 e. The summed E-state index contributed by atoms with van der Waals surface area (Å²) in [7, 11) is 3.71. The normalized spacial score (nSPS) is 15.3. The van der Waals surface area contributed by atoms with Crippen LogP contribution in [0.1, 0.15) is 38.3 Å². The van der Waals surface area contributed by atoms with Crippen LogP contribution in [-0.2, 0) is 0 Å². The number of fused-ring (bicyclic) bond motifs is 2. The smallest absolute Gasteiger partial charge is 0.175 e. The van der Waals surface area contributed by atoms with Crippen LogP contribution < -0.4 is 15.1 Å². The van der Waals surface area contributed by atoms with Gasteiger partial charge in [-0.2, -0.15) is 5.10 Å². The Balaban J connectivity index is 0.00000144. The Morgan fingerprint density at radius 1 is 1.11 bits per heavy atom. The second-order valence-electron chi connectivity index (χ2n) is 9.61. The Bertz CT molecular complexity index is 1560. The molecular weight excluding hydrogens is 486 g/mol. The third kappa shape index (κ3) is 4.19. The molecule has 2 aliphatic rings. The number of hydrogen-bond acceptors (Lipinski definition) is 6. The molecule has 9 heteroatoms. The lowest BCUT2D eigenvalue weighted by atomic mass is 9.95. The highest BCUT2D eigenvalue weighted by molar-refractivity contribution is 6.06. The van der Waals surface area contributed by atoms with E-state index in [9.17, 15) is 9.50 Å². The number of nitrogens with one attached hydrogen (secondary N) is 1. The SMILES string of the molecule is C#Cc1c(F)ccc2cc(O)cc(-c3nc(N(C)C)c4c(N5CCNCC5)nn(C5CC5)c4c3F)c12.CC. The number of pyridine rings is 1. The summed E-state index contributed by atoms with van der Waals surface area (Å²) in [6, 6.07) is 5.77. The highest BCUT2D eigenvalue weighted by Gasteiger charge is 2.34. The van der Waals surface area contributed by atoms with Crippen LogP contribution in [0, 0.1) is 24.0 Å². The zero-order chi connectivity index (χ0) is 27.1. The van der Waals surface area contributed by atoms with Gasteiger partial charge in [0.05, 0.1) is 17.0 Å². The van der Waals surface area contributed by atoms with Crippen molar-refractivity contribution in [1.82, 2.24) is 20.1 Å². The number of aromatic hydroxyl groups is 1. The van der Waals surface area contributed by atoms with Crippen LogP contribution in [0.3, 0.4) is 0 Å². The maximum absolute atomic E-state index is 16.6. The predicted octanol–water partition coefficient (Wildman–Crippen LogP) is 5.05. The van der Waals surface area contributed by atoms with E-state index in [0.29, 0.717) is 27.5 Å². The van der Waals surface area contributed by atoms with Gasteiger partial charge in [0.25, 0.3) is 0 Å². The summed E-state index contributed by atoms with van der Waals surface area (Å²) in [4.78, 5) is 8.77. The summed E-state index contributed by atoms with van der Waals surface area (Å²) >= 11 is 0. The third-order valence-corrected chi connectivity index (χ3v) is 6.93. The average molecular weight is 519 g/mol. The maximum Gasteiger partial charge on any atom is 0.175 e. The highest BCUT2D eigenvalue weighted by atomic mass is 19.1. The number of halogens is 2. The van der Waals surface area contributed by atoms with Crippen molar-refractivity contribution in [3.8, 4) is 29.4 Å².